The lowest BCUT2D eigenvalue weighted by molar-refractivity contribution is -0.870. The van der Waals surface area contributed by atoms with Crippen LogP contribution in [0.3, 0.4) is 0 Å². The number of aliphatic carboxylic acids is 1. The van der Waals surface area contributed by atoms with Crippen LogP contribution in [0, 0.1) is 71.0 Å². The van der Waals surface area contributed by atoms with Crippen LogP contribution in [0.15, 0.2) is 0 Å². The molecule has 6 rings (SSSR count). The van der Waals surface area contributed by atoms with Crippen molar-refractivity contribution in [3.05, 3.63) is 0 Å². The number of nitrogens with zero attached hydrogens (tertiary/aromatic N) is 3. The topological polar surface area (TPSA) is 126 Å². The number of hydrogen-bond acceptors (Lipinski definition) is 7. The van der Waals surface area contributed by atoms with Gasteiger partial charge in [-0.1, -0.05) is 60.3 Å². The maximum absolute atomic E-state index is 14.5. The molecular weight excluding hydrogens is 775 g/mol. The van der Waals surface area contributed by atoms with Gasteiger partial charge in [-0.05, 0) is 79.4 Å². The average Bonchev–Trinajstić information content (AvgIpc) is 3.95. The maximum atomic E-state index is 14.5. The normalized spacial score (nSPS) is 41.6. The fourth-order valence-corrected chi connectivity index (χ4v) is 14.4. The van der Waals surface area contributed by atoms with Gasteiger partial charge in [0.1, 0.15) is 0 Å². The molecule has 5 aliphatic heterocycles. The molecule has 0 spiro atoms. The molecule has 1 aliphatic carbocycles. The van der Waals surface area contributed by atoms with Crippen molar-refractivity contribution in [2.75, 3.05) is 68.5 Å². The number of carboxylic acid groups (broad SMARTS) is 1. The quantitative estimate of drug-likeness (QED) is 0.0727. The van der Waals surface area contributed by atoms with Gasteiger partial charge in [-0.15, -0.1) is 5.92 Å². The van der Waals surface area contributed by atoms with Gasteiger partial charge in [0.15, 0.2) is 0 Å². The lowest BCUT2D eigenvalue weighted by atomic mass is 9.73. The van der Waals surface area contributed by atoms with Crippen LogP contribution in [-0.2, 0) is 9.59 Å². The van der Waals surface area contributed by atoms with Gasteiger partial charge in [0.25, 0.3) is 0 Å². The minimum atomic E-state index is -0.765. The molecule has 19 atom stereocenters. The van der Waals surface area contributed by atoms with Crippen molar-refractivity contribution in [3.63, 3.8) is 0 Å². The maximum Gasteiger partial charge on any atom is 0.303 e. The van der Waals surface area contributed by atoms with E-state index in [9.17, 15) is 19.8 Å². The zero-order valence-electron chi connectivity index (χ0n) is 41.3. The molecule has 1 amide bonds. The van der Waals surface area contributed by atoms with E-state index < -0.39 is 5.97 Å². The third kappa shape index (κ3) is 11.4. The third-order valence-corrected chi connectivity index (χ3v) is 17.7. The van der Waals surface area contributed by atoms with Gasteiger partial charge in [0.05, 0.1) is 67.4 Å². The molecule has 354 valence electrons. The highest BCUT2D eigenvalue weighted by Crippen LogP contribution is 2.51. The molecule has 1 saturated carbocycles. The number of unbranched alkanes of at least 4 members (excludes halogenated alkanes) is 1. The number of carbonyl (C=O) groups is 2. The summed E-state index contributed by atoms with van der Waals surface area (Å²) in [5, 5.41) is 38.6. The summed E-state index contributed by atoms with van der Waals surface area (Å²) in [6.07, 6.45) is 9.60. The van der Waals surface area contributed by atoms with Crippen molar-refractivity contribution < 1.29 is 28.8 Å². The smallest absolute Gasteiger partial charge is 0.303 e. The third-order valence-electron chi connectivity index (χ3n) is 17.7. The van der Waals surface area contributed by atoms with Gasteiger partial charge in [-0.3, -0.25) is 9.59 Å². The molecule has 5 heterocycles. The molecule has 62 heavy (non-hydrogen) atoms. The van der Waals surface area contributed by atoms with Crippen molar-refractivity contribution in [1.29, 1.82) is 0 Å². The Morgan fingerprint density at radius 2 is 1.19 bits per heavy atom. The number of rotatable bonds is 16. The van der Waals surface area contributed by atoms with Crippen LogP contribution in [0.25, 0.3) is 0 Å². The van der Waals surface area contributed by atoms with E-state index in [0.29, 0.717) is 73.0 Å². The van der Waals surface area contributed by atoms with Gasteiger partial charge < -0.3 is 45.3 Å². The van der Waals surface area contributed by atoms with Crippen molar-refractivity contribution in [1.82, 2.24) is 26.2 Å². The van der Waals surface area contributed by atoms with E-state index in [-0.39, 0.29) is 72.2 Å². The standard InChI is InChI=1S/C51H92N7O4/c1-13-35-31(3)40-29-43-36(14-2)32(4)48(54-43)38(20-16-15-17-21-46(61)62)49-33(5)37(22-23-45(60)56(24-18-26-57(7,8)9)25-19-27-58(10,11)12)50(55-49)39-28-44(59)47-34(6)41(53-51(39)47)30-42(35)52-40/h31-44,47-55,59H,13-15,17-19,21-30H2,1-12H3/q+1/p+1/t31?,32?,33-,34?,35?,36?,37-,38?,39?,40?,41?,42?,43?,44?,47?,48?,49?,50?,51?/m0/s1. The van der Waals surface area contributed by atoms with Crippen LogP contribution in [0.2, 0.25) is 0 Å². The minimum Gasteiger partial charge on any atom is -0.481 e. The first-order chi connectivity index (χ1) is 29.2. The summed E-state index contributed by atoms with van der Waals surface area (Å²) in [6, 6.07) is 2.39. The van der Waals surface area contributed by atoms with Crippen molar-refractivity contribution >= 4 is 11.9 Å². The van der Waals surface area contributed by atoms with Crippen LogP contribution >= 0.6 is 0 Å². The monoisotopic (exact) mass is 868 g/mol. The Morgan fingerprint density at radius 1 is 0.645 bits per heavy atom. The Balaban J connectivity index is 1.34. The molecule has 0 aromatic rings. The van der Waals surface area contributed by atoms with E-state index >= 15 is 0 Å². The van der Waals surface area contributed by atoms with Gasteiger partial charge >= 0.3 is 5.97 Å². The lowest BCUT2D eigenvalue weighted by Crippen LogP contribution is -2.51. The number of fused-ring (bicyclic) bond motifs is 8. The van der Waals surface area contributed by atoms with Crippen molar-refractivity contribution in [3.8, 4) is 11.8 Å². The summed E-state index contributed by atoms with van der Waals surface area (Å²) in [4.78, 5) is 28.1. The largest absolute Gasteiger partial charge is 0.481 e. The lowest BCUT2D eigenvalue weighted by Gasteiger charge is -2.33. The van der Waals surface area contributed by atoms with E-state index in [4.69, 9.17) is 0 Å². The first-order valence-corrected chi connectivity index (χ1v) is 25.5. The minimum absolute atomic E-state index is 0.0398. The number of nitrogens with one attached hydrogen (secondary N) is 4. The SMILES string of the molecule is CCC1C2CC3NC4C(CC(O)C4C3C)C3NC(C(C#CCCCC(=O)O)C4NC(CC(N2)C1C)C(CC)C4C)[C@@H](C)[C@@H]3CCC(=O)N(CCC[N+](C)(C)C)CCC[N+](C)(C)C. The predicted molar refractivity (Wildman–Crippen MR) is 251 cm³/mol. The Bertz CT molecular complexity index is 1530. The number of aliphatic hydroxyl groups excluding tert-OH is 1. The molecule has 6 fully saturated rings. The van der Waals surface area contributed by atoms with Crippen LogP contribution < -0.4 is 21.3 Å². The highest BCUT2D eigenvalue weighted by Gasteiger charge is 2.59. The van der Waals surface area contributed by atoms with Crippen molar-refractivity contribution in [2.45, 2.75) is 173 Å². The summed E-state index contributed by atoms with van der Waals surface area (Å²) in [6.45, 7) is 18.2. The van der Waals surface area contributed by atoms with E-state index in [1.54, 1.807) is 0 Å². The molecule has 6 aliphatic rings. The molecule has 6 N–H and O–H groups in total. The molecule has 5 saturated heterocycles. The van der Waals surface area contributed by atoms with E-state index in [1.807, 2.05) is 0 Å². The number of hydrogen-bond donors (Lipinski definition) is 6. The summed E-state index contributed by atoms with van der Waals surface area (Å²) in [5.41, 5.74) is 0. The molecule has 8 bridgehead atoms. The first kappa shape index (κ1) is 49.6. The Hall–Kier alpha value is -1.78. The van der Waals surface area contributed by atoms with Crippen molar-refractivity contribution in [2.24, 2.45) is 59.2 Å². The van der Waals surface area contributed by atoms with Crippen LogP contribution in [-0.4, -0.2) is 159 Å². The summed E-state index contributed by atoms with van der Waals surface area (Å²) in [7, 11) is 13.4. The van der Waals surface area contributed by atoms with Gasteiger partial charge in [0, 0.05) is 99.4 Å². The Labute approximate surface area is 378 Å². The fraction of sp³-hybridized carbons (Fsp3) is 0.922. The second-order valence-electron chi connectivity index (χ2n) is 23.7. The number of amides is 1. The Kier molecular flexibility index (Phi) is 16.7. The van der Waals surface area contributed by atoms with Crippen LogP contribution in [0.1, 0.15) is 119 Å². The molecule has 0 radical (unpaired) electrons. The first-order valence-electron chi connectivity index (χ1n) is 25.5. The zero-order chi connectivity index (χ0) is 45.3. The van der Waals surface area contributed by atoms with E-state index in [0.717, 1.165) is 80.1 Å². The number of aliphatic hydroxyl groups is 1. The summed E-state index contributed by atoms with van der Waals surface area (Å²) >= 11 is 0. The molecule has 11 nitrogen and oxygen atoms in total. The molecule has 0 aromatic carbocycles. The highest BCUT2D eigenvalue weighted by molar-refractivity contribution is 5.76. The summed E-state index contributed by atoms with van der Waals surface area (Å²) < 4.78 is 1.79. The van der Waals surface area contributed by atoms with Gasteiger partial charge in [0.2, 0.25) is 5.91 Å². The van der Waals surface area contributed by atoms with Gasteiger partial charge in [-0.25, -0.2) is 0 Å². The summed E-state index contributed by atoms with van der Waals surface area (Å²) in [5.74, 6) is 10.6. The molecule has 11 heteroatoms. The molecule has 17 unspecified atom stereocenters. The predicted octanol–water partition coefficient (Wildman–Crippen LogP) is 5.03. The number of quaternary nitrogens is 2. The van der Waals surface area contributed by atoms with E-state index in [1.165, 1.54) is 6.42 Å². The number of carbonyl (C=O) groups excluding carboxylic acids is 1. The second-order valence-corrected chi connectivity index (χ2v) is 23.7. The average molecular weight is 868 g/mol. The Morgan fingerprint density at radius 3 is 1.79 bits per heavy atom. The van der Waals surface area contributed by atoms with Gasteiger partial charge in [-0.2, -0.15) is 0 Å². The molecular formula is C51H93N7O4+2. The van der Waals surface area contributed by atoms with Crippen LogP contribution in [0.4, 0.5) is 0 Å². The second kappa shape index (κ2) is 20.8. The number of carboxylic acids is 1. The zero-order valence-corrected chi connectivity index (χ0v) is 41.3. The molecule has 0 aromatic heterocycles. The van der Waals surface area contributed by atoms with Crippen LogP contribution in [0.5, 0.6) is 0 Å². The van der Waals surface area contributed by atoms with E-state index in [2.05, 4.69) is 122 Å². The highest BCUT2D eigenvalue weighted by atomic mass is 16.4. The fourth-order valence-electron chi connectivity index (χ4n) is 14.4.